The zero-order valence-corrected chi connectivity index (χ0v) is 17.2. The number of ether oxygens (including phenoxy) is 1. The molecule has 1 N–H and O–H groups in total. The van der Waals surface area contributed by atoms with Crippen molar-refractivity contribution in [2.75, 3.05) is 0 Å². The van der Waals surface area contributed by atoms with Gasteiger partial charge in [-0.3, -0.25) is 4.79 Å². The Morgan fingerprint density at radius 2 is 1.92 bits per heavy atom. The van der Waals surface area contributed by atoms with Crippen LogP contribution in [0.4, 0.5) is 0 Å². The minimum Gasteiger partial charge on any atom is -0.460 e. The molecule has 3 nitrogen and oxygen atoms in total. The predicted octanol–water partition coefficient (Wildman–Crippen LogP) is 5.58. The van der Waals surface area contributed by atoms with Gasteiger partial charge in [0.05, 0.1) is 5.60 Å². The molecule has 1 aliphatic rings. The van der Waals surface area contributed by atoms with Crippen LogP contribution in [0.1, 0.15) is 86.5 Å². The zero-order valence-electron chi connectivity index (χ0n) is 17.2. The highest BCUT2D eigenvalue weighted by Crippen LogP contribution is 2.45. The third-order valence-electron chi connectivity index (χ3n) is 5.27. The lowest BCUT2D eigenvalue weighted by molar-refractivity contribution is -0.154. The van der Waals surface area contributed by atoms with E-state index in [9.17, 15) is 9.90 Å². The Morgan fingerprint density at radius 1 is 1.28 bits per heavy atom. The minimum atomic E-state index is -0.726. The normalized spacial score (nSPS) is 25.2. The first kappa shape index (κ1) is 22.0. The highest BCUT2D eigenvalue weighted by molar-refractivity contribution is 5.66. The molecular formula is C22H38O3. The first-order valence-corrected chi connectivity index (χ1v) is 9.65. The van der Waals surface area contributed by atoms with Crippen LogP contribution in [-0.2, 0) is 9.53 Å². The monoisotopic (exact) mass is 350 g/mol. The van der Waals surface area contributed by atoms with Gasteiger partial charge in [0.15, 0.2) is 0 Å². The average Bonchev–Trinajstić information content (AvgIpc) is 2.43. The van der Waals surface area contributed by atoms with Gasteiger partial charge in [-0.25, -0.2) is 0 Å². The fourth-order valence-electron chi connectivity index (χ4n) is 4.09. The maximum absolute atomic E-state index is 11.2. The van der Waals surface area contributed by atoms with Gasteiger partial charge in [0.1, 0.15) is 5.60 Å². The molecule has 0 aliphatic heterocycles. The molecule has 3 heteroatoms. The summed E-state index contributed by atoms with van der Waals surface area (Å²) in [6, 6.07) is 0. The quantitative estimate of drug-likeness (QED) is 0.482. The van der Waals surface area contributed by atoms with Crippen molar-refractivity contribution in [3.63, 3.8) is 0 Å². The Bertz CT molecular complexity index is 496. The minimum absolute atomic E-state index is 0.0922. The van der Waals surface area contributed by atoms with Gasteiger partial charge in [-0.05, 0) is 57.3 Å². The van der Waals surface area contributed by atoms with E-state index in [-0.39, 0.29) is 17.3 Å². The SMILES string of the molecule is C=C(C=CC1(O)CCCCC1C(C)(C)C)CCCC(C)(C)OC(C)=O. The van der Waals surface area contributed by atoms with E-state index in [2.05, 4.69) is 27.4 Å². The molecule has 0 bridgehead atoms. The molecule has 0 aromatic rings. The van der Waals surface area contributed by atoms with Crippen molar-refractivity contribution in [1.82, 2.24) is 0 Å². The number of allylic oxidation sites excluding steroid dienone is 2. The second-order valence-corrected chi connectivity index (χ2v) is 9.35. The smallest absolute Gasteiger partial charge is 0.303 e. The maximum atomic E-state index is 11.2. The van der Waals surface area contributed by atoms with Crippen LogP contribution < -0.4 is 0 Å². The lowest BCUT2D eigenvalue weighted by Crippen LogP contribution is -2.45. The fraction of sp³-hybridized carbons (Fsp3) is 0.773. The third kappa shape index (κ3) is 7.35. The number of hydrogen-bond acceptors (Lipinski definition) is 3. The van der Waals surface area contributed by atoms with Crippen LogP contribution in [0.2, 0.25) is 0 Å². The summed E-state index contributed by atoms with van der Waals surface area (Å²) in [4.78, 5) is 11.1. The molecule has 144 valence electrons. The van der Waals surface area contributed by atoms with E-state index >= 15 is 0 Å². The molecule has 1 aliphatic carbocycles. The second-order valence-electron chi connectivity index (χ2n) is 9.35. The highest BCUT2D eigenvalue weighted by Gasteiger charge is 2.42. The molecule has 25 heavy (non-hydrogen) atoms. The van der Waals surface area contributed by atoms with E-state index in [4.69, 9.17) is 4.74 Å². The van der Waals surface area contributed by atoms with E-state index in [0.29, 0.717) is 0 Å². The third-order valence-corrected chi connectivity index (χ3v) is 5.27. The molecule has 0 heterocycles. The van der Waals surface area contributed by atoms with Crippen LogP contribution in [-0.4, -0.2) is 22.3 Å². The van der Waals surface area contributed by atoms with Crippen LogP contribution in [0.15, 0.2) is 24.3 Å². The standard InChI is InChI=1S/C22H38O3/c1-17(11-10-14-21(6,7)25-18(2)23)13-16-22(24)15-9-8-12-19(22)20(3,4)5/h13,16,19,24H,1,8-12,14-15H2,2-7H3. The van der Waals surface area contributed by atoms with Crippen molar-refractivity contribution >= 4 is 5.97 Å². The number of carbonyl (C=O) groups excluding carboxylic acids is 1. The number of rotatable bonds is 7. The van der Waals surface area contributed by atoms with Gasteiger partial charge in [-0.15, -0.1) is 0 Å². The van der Waals surface area contributed by atoms with Crippen molar-refractivity contribution < 1.29 is 14.6 Å². The lowest BCUT2D eigenvalue weighted by Gasteiger charge is -2.45. The Balaban J connectivity index is 2.58. The van der Waals surface area contributed by atoms with Gasteiger partial charge in [-0.2, -0.15) is 0 Å². The van der Waals surface area contributed by atoms with E-state index in [0.717, 1.165) is 44.1 Å². The first-order chi connectivity index (χ1) is 11.4. The highest BCUT2D eigenvalue weighted by atomic mass is 16.6. The molecule has 0 spiro atoms. The van der Waals surface area contributed by atoms with Gasteiger partial charge in [0.2, 0.25) is 0 Å². The van der Waals surface area contributed by atoms with Gasteiger partial charge in [0, 0.05) is 6.92 Å². The molecule has 1 saturated carbocycles. The molecule has 2 unspecified atom stereocenters. The number of aliphatic hydroxyl groups is 1. The molecule has 1 fully saturated rings. The predicted molar refractivity (Wildman–Crippen MR) is 104 cm³/mol. The number of carbonyl (C=O) groups is 1. The van der Waals surface area contributed by atoms with Crippen LogP contribution >= 0.6 is 0 Å². The van der Waals surface area contributed by atoms with Gasteiger partial charge in [0.25, 0.3) is 0 Å². The molecule has 0 aromatic carbocycles. The Morgan fingerprint density at radius 3 is 2.48 bits per heavy atom. The van der Waals surface area contributed by atoms with Crippen LogP contribution in [0.25, 0.3) is 0 Å². The molecule has 2 atom stereocenters. The van der Waals surface area contributed by atoms with Crippen molar-refractivity contribution in [3.05, 3.63) is 24.3 Å². The van der Waals surface area contributed by atoms with Gasteiger partial charge < -0.3 is 9.84 Å². The van der Waals surface area contributed by atoms with Crippen LogP contribution in [0.3, 0.4) is 0 Å². The summed E-state index contributed by atoms with van der Waals surface area (Å²) in [6.07, 6.45) is 10.7. The summed E-state index contributed by atoms with van der Waals surface area (Å²) in [5, 5.41) is 11.2. The maximum Gasteiger partial charge on any atom is 0.303 e. The topological polar surface area (TPSA) is 46.5 Å². The van der Waals surface area contributed by atoms with E-state index in [1.807, 2.05) is 26.0 Å². The van der Waals surface area contributed by atoms with Crippen molar-refractivity contribution in [2.45, 2.75) is 97.7 Å². The Hall–Kier alpha value is -1.09. The van der Waals surface area contributed by atoms with Crippen LogP contribution in [0.5, 0.6) is 0 Å². The molecule has 0 radical (unpaired) electrons. The summed E-state index contributed by atoms with van der Waals surface area (Å²) < 4.78 is 5.32. The average molecular weight is 351 g/mol. The van der Waals surface area contributed by atoms with E-state index < -0.39 is 11.2 Å². The number of hydrogen-bond donors (Lipinski definition) is 1. The van der Waals surface area contributed by atoms with Crippen molar-refractivity contribution in [3.8, 4) is 0 Å². The molecule has 1 rings (SSSR count). The van der Waals surface area contributed by atoms with E-state index in [1.165, 1.54) is 13.3 Å². The van der Waals surface area contributed by atoms with Crippen molar-refractivity contribution in [2.24, 2.45) is 11.3 Å². The summed E-state index contributed by atoms with van der Waals surface area (Å²) in [5.74, 6) is 0.0390. The molecule has 0 aromatic heterocycles. The second kappa shape index (κ2) is 8.53. The molecule has 0 saturated heterocycles. The molecule has 0 amide bonds. The summed E-state index contributed by atoms with van der Waals surface area (Å²) in [5.41, 5.74) is -0.0506. The number of esters is 1. The fourth-order valence-corrected chi connectivity index (χ4v) is 4.09. The van der Waals surface area contributed by atoms with Crippen molar-refractivity contribution in [1.29, 1.82) is 0 Å². The first-order valence-electron chi connectivity index (χ1n) is 9.65. The van der Waals surface area contributed by atoms with Crippen LogP contribution in [0, 0.1) is 11.3 Å². The van der Waals surface area contributed by atoms with Gasteiger partial charge >= 0.3 is 5.97 Å². The molecular weight excluding hydrogens is 312 g/mol. The Labute approximate surface area is 154 Å². The van der Waals surface area contributed by atoms with Gasteiger partial charge in [-0.1, -0.05) is 57.9 Å². The summed E-state index contributed by atoms with van der Waals surface area (Å²) >= 11 is 0. The van der Waals surface area contributed by atoms with E-state index in [1.54, 1.807) is 0 Å². The Kier molecular flexibility index (Phi) is 7.49. The zero-order chi connectivity index (χ0) is 19.3. The lowest BCUT2D eigenvalue weighted by atomic mass is 9.63. The summed E-state index contributed by atoms with van der Waals surface area (Å²) in [6.45, 7) is 16.1. The largest absolute Gasteiger partial charge is 0.460 e. The summed E-state index contributed by atoms with van der Waals surface area (Å²) in [7, 11) is 0.